The van der Waals surface area contributed by atoms with Gasteiger partial charge in [0.1, 0.15) is 17.8 Å². The van der Waals surface area contributed by atoms with Gasteiger partial charge in [-0.15, -0.1) is 16.9 Å². The van der Waals surface area contributed by atoms with E-state index in [9.17, 15) is 24.6 Å². The lowest BCUT2D eigenvalue weighted by Crippen LogP contribution is -2.40. The molecule has 0 radical (unpaired) electrons. The van der Waals surface area contributed by atoms with Gasteiger partial charge >= 0.3 is 18.0 Å². The number of carboxylic acids is 2. The first-order valence-corrected chi connectivity index (χ1v) is 12.2. The van der Waals surface area contributed by atoms with Gasteiger partial charge in [-0.05, 0) is 61.1 Å². The molecule has 200 valence electrons. The first-order chi connectivity index (χ1) is 17.5. The number of benzene rings is 2. The molecular formula is C23H31N7O6S. The van der Waals surface area contributed by atoms with Crippen LogP contribution in [0.1, 0.15) is 18.4 Å². The largest absolute Gasteiger partial charge is 0.508 e. The maximum Gasteiger partial charge on any atom is 0.360 e. The van der Waals surface area contributed by atoms with Crippen LogP contribution in [0.3, 0.4) is 0 Å². The number of hydrogen-bond donors (Lipinski definition) is 8. The number of nitrogens with two attached hydrogens (primary N) is 2. The van der Waals surface area contributed by atoms with Gasteiger partial charge in [0.05, 0.1) is 5.69 Å². The molecular weight excluding hydrogens is 502 g/mol. The van der Waals surface area contributed by atoms with E-state index in [1.165, 1.54) is 12.1 Å². The molecule has 2 aromatic carbocycles. The normalized spacial score (nSPS) is 12.1. The molecule has 2 atom stereocenters. The van der Waals surface area contributed by atoms with Crippen LogP contribution in [0.4, 0.5) is 10.5 Å². The number of urea groups is 1. The quantitative estimate of drug-likeness (QED) is 0.0689. The molecule has 2 aromatic rings. The molecule has 37 heavy (non-hydrogen) atoms. The second-order valence-electron chi connectivity index (χ2n) is 7.54. The summed E-state index contributed by atoms with van der Waals surface area (Å²) >= 11 is 1.58. The van der Waals surface area contributed by atoms with Gasteiger partial charge in [-0.3, -0.25) is 10.2 Å². The summed E-state index contributed by atoms with van der Waals surface area (Å²) in [6, 6.07) is 10.4. The third-order valence-corrected chi connectivity index (χ3v) is 5.37. The molecule has 0 bridgehead atoms. The average molecular weight is 534 g/mol. The van der Waals surface area contributed by atoms with E-state index in [2.05, 4.69) is 20.9 Å². The number of nitrogens with zero attached hydrogens (tertiary/aromatic N) is 2. The van der Waals surface area contributed by atoms with Gasteiger partial charge in [-0.1, -0.05) is 17.2 Å². The van der Waals surface area contributed by atoms with Gasteiger partial charge < -0.3 is 37.4 Å². The molecule has 0 aliphatic rings. The average Bonchev–Trinajstić information content (AvgIpc) is 2.86. The van der Waals surface area contributed by atoms with Crippen LogP contribution in [0.25, 0.3) is 0 Å². The van der Waals surface area contributed by atoms with Crippen LogP contribution in [0.2, 0.25) is 0 Å². The zero-order valence-electron chi connectivity index (χ0n) is 20.1. The van der Waals surface area contributed by atoms with Gasteiger partial charge in [0.2, 0.25) is 0 Å². The molecule has 13 nitrogen and oxygen atoms in total. The van der Waals surface area contributed by atoms with Crippen molar-refractivity contribution >= 4 is 41.4 Å². The zero-order valence-corrected chi connectivity index (χ0v) is 20.9. The maximum absolute atomic E-state index is 11.8. The van der Waals surface area contributed by atoms with Crippen molar-refractivity contribution < 1.29 is 29.7 Å². The highest BCUT2D eigenvalue weighted by molar-refractivity contribution is 7.98. The number of thioether (sulfide) groups is 1. The molecule has 0 heterocycles. The molecule has 2 unspecified atom stereocenters. The fraction of sp³-hybridized carbons (Fsp3) is 0.304. The fourth-order valence-corrected chi connectivity index (χ4v) is 3.07. The van der Waals surface area contributed by atoms with E-state index in [1.54, 1.807) is 36.0 Å². The van der Waals surface area contributed by atoms with Crippen molar-refractivity contribution in [3.63, 3.8) is 0 Å². The van der Waals surface area contributed by atoms with E-state index in [1.807, 2.05) is 18.4 Å². The SMILES string of the molecule is CSc1ccc(/N=N/C(=O)NC(Cc2ccc(O)cc2)C(=O)O)cc1.N=C(N)NCCCC(N)C(=O)O. The van der Waals surface area contributed by atoms with E-state index in [4.69, 9.17) is 22.0 Å². The highest BCUT2D eigenvalue weighted by Gasteiger charge is 2.20. The van der Waals surface area contributed by atoms with E-state index in [-0.39, 0.29) is 18.1 Å². The molecule has 2 amide bonds. The van der Waals surface area contributed by atoms with Gasteiger partial charge in [0, 0.05) is 17.9 Å². The van der Waals surface area contributed by atoms with Crippen LogP contribution in [0, 0.1) is 5.41 Å². The van der Waals surface area contributed by atoms with Crippen LogP contribution in [0.5, 0.6) is 5.75 Å². The Morgan fingerprint density at radius 3 is 2.19 bits per heavy atom. The van der Waals surface area contributed by atoms with Crippen molar-refractivity contribution in [2.45, 2.75) is 36.2 Å². The smallest absolute Gasteiger partial charge is 0.360 e. The number of amides is 2. The monoisotopic (exact) mass is 533 g/mol. The summed E-state index contributed by atoms with van der Waals surface area (Å²) in [4.78, 5) is 34.4. The number of carbonyl (C=O) groups is 3. The van der Waals surface area contributed by atoms with Crippen molar-refractivity contribution in [2.24, 2.45) is 21.7 Å². The minimum atomic E-state index is -1.18. The summed E-state index contributed by atoms with van der Waals surface area (Å²) in [5.74, 6) is -2.21. The summed E-state index contributed by atoms with van der Waals surface area (Å²) in [7, 11) is 0. The predicted octanol–water partition coefficient (Wildman–Crippen LogP) is 2.26. The minimum Gasteiger partial charge on any atom is -0.508 e. The Kier molecular flexibility index (Phi) is 13.8. The third-order valence-electron chi connectivity index (χ3n) is 4.63. The Labute approximate surface area is 217 Å². The molecule has 14 heteroatoms. The molecule has 0 aromatic heterocycles. The molecule has 0 aliphatic heterocycles. The Bertz CT molecular complexity index is 1060. The number of phenols is 1. The molecule has 10 N–H and O–H groups in total. The van der Waals surface area contributed by atoms with Crippen LogP contribution in [-0.4, -0.2) is 64.1 Å². The van der Waals surface area contributed by atoms with Crippen LogP contribution >= 0.6 is 11.8 Å². The van der Waals surface area contributed by atoms with E-state index >= 15 is 0 Å². The number of rotatable bonds is 11. The Morgan fingerprint density at radius 2 is 1.68 bits per heavy atom. The first-order valence-electron chi connectivity index (χ1n) is 10.9. The molecule has 0 saturated carbocycles. The van der Waals surface area contributed by atoms with E-state index < -0.39 is 30.1 Å². The van der Waals surface area contributed by atoms with Gasteiger partial charge in [0.25, 0.3) is 0 Å². The third kappa shape index (κ3) is 13.5. The van der Waals surface area contributed by atoms with Crippen LogP contribution < -0.4 is 22.1 Å². The Morgan fingerprint density at radius 1 is 1.05 bits per heavy atom. The second kappa shape index (κ2) is 16.5. The van der Waals surface area contributed by atoms with Crippen molar-refractivity contribution in [2.75, 3.05) is 12.8 Å². The van der Waals surface area contributed by atoms with Crippen molar-refractivity contribution in [3.8, 4) is 5.75 Å². The number of nitrogens with one attached hydrogen (secondary N) is 3. The van der Waals surface area contributed by atoms with Crippen molar-refractivity contribution in [3.05, 3.63) is 54.1 Å². The lowest BCUT2D eigenvalue weighted by molar-refractivity contribution is -0.139. The van der Waals surface area contributed by atoms with E-state index in [0.717, 1.165) is 4.90 Å². The highest BCUT2D eigenvalue weighted by atomic mass is 32.2. The number of aliphatic carboxylic acids is 2. The summed E-state index contributed by atoms with van der Waals surface area (Å²) in [6.07, 6.45) is 2.99. The van der Waals surface area contributed by atoms with E-state index in [0.29, 0.717) is 30.6 Å². The molecule has 0 saturated heterocycles. The number of hydrogen-bond acceptors (Lipinski definition) is 8. The highest BCUT2D eigenvalue weighted by Crippen LogP contribution is 2.19. The number of phenolic OH excluding ortho intramolecular Hbond substituents is 1. The Balaban J connectivity index is 0.000000482. The number of carbonyl (C=O) groups excluding carboxylic acids is 1. The number of guanidine groups is 1. The molecule has 0 aliphatic carbocycles. The first kappa shape index (κ1) is 30.9. The van der Waals surface area contributed by atoms with Crippen LogP contribution in [0.15, 0.2) is 63.7 Å². The maximum atomic E-state index is 11.8. The number of aromatic hydroxyl groups is 1. The summed E-state index contributed by atoms with van der Waals surface area (Å²) in [5.41, 5.74) is 11.4. The second-order valence-corrected chi connectivity index (χ2v) is 8.42. The Hall–Kier alpha value is -4.17. The van der Waals surface area contributed by atoms with Gasteiger partial charge in [-0.2, -0.15) is 0 Å². The molecule has 0 fully saturated rings. The fourth-order valence-electron chi connectivity index (χ4n) is 2.67. The lowest BCUT2D eigenvalue weighted by Gasteiger charge is -2.12. The summed E-state index contributed by atoms with van der Waals surface area (Å²) in [5, 5.41) is 45.8. The predicted molar refractivity (Wildman–Crippen MR) is 139 cm³/mol. The standard InChI is InChI=1S/C17H17N3O4S.C6H14N4O2/c1-25-14-8-4-12(5-9-14)19-20-17(24)18-15(16(22)23)10-11-2-6-13(21)7-3-11;7-4(5(11)12)2-1-3-10-6(8)9/h2-9,15,21H,10H2,1H3,(H,18,24)(H,22,23);4H,1-3,7H2,(H,11,12)(H4,8,9,10)/b20-19+;. The van der Waals surface area contributed by atoms with Crippen LogP contribution in [-0.2, 0) is 16.0 Å². The minimum absolute atomic E-state index is 0.0687. The van der Waals surface area contributed by atoms with Gasteiger partial charge in [-0.25, -0.2) is 9.59 Å². The zero-order chi connectivity index (χ0) is 27.8. The molecule has 2 rings (SSSR count). The number of carboxylic acid groups (broad SMARTS) is 2. The summed E-state index contributed by atoms with van der Waals surface area (Å²) < 4.78 is 0. The van der Waals surface area contributed by atoms with Gasteiger partial charge in [0.15, 0.2) is 5.96 Å². The lowest BCUT2D eigenvalue weighted by atomic mass is 10.1. The van der Waals surface area contributed by atoms with Crippen molar-refractivity contribution in [1.29, 1.82) is 5.41 Å². The number of azo groups is 1. The molecule has 0 spiro atoms. The van der Waals surface area contributed by atoms with Crippen molar-refractivity contribution in [1.82, 2.24) is 10.6 Å². The summed E-state index contributed by atoms with van der Waals surface area (Å²) in [6.45, 7) is 0.482. The topological polar surface area (TPSA) is 237 Å².